The second-order valence-electron chi connectivity index (χ2n) is 4.31. The van der Waals surface area contributed by atoms with Gasteiger partial charge in [-0.05, 0) is 54.5 Å². The predicted octanol–water partition coefficient (Wildman–Crippen LogP) is 5.42. The summed E-state index contributed by atoms with van der Waals surface area (Å²) >= 11 is 12.0. The Labute approximate surface area is 126 Å². The fourth-order valence-electron chi connectivity index (χ4n) is 1.76. The number of rotatable bonds is 3. The van der Waals surface area contributed by atoms with Gasteiger partial charge in [0.05, 0.1) is 10.0 Å². The zero-order chi connectivity index (χ0) is 14.7. The molecule has 0 unspecified atom stereocenters. The fourth-order valence-corrected chi connectivity index (χ4v) is 2.12. The molecule has 2 aromatic carbocycles. The van der Waals surface area contributed by atoms with Crippen LogP contribution in [0.5, 0.6) is 0 Å². The van der Waals surface area contributed by atoms with Gasteiger partial charge in [-0.1, -0.05) is 35.3 Å². The molecule has 0 aliphatic heterocycles. The van der Waals surface area contributed by atoms with Crippen LogP contribution in [0.4, 0.5) is 4.39 Å². The van der Waals surface area contributed by atoms with Crippen LogP contribution in [0.15, 0.2) is 48.0 Å². The quantitative estimate of drug-likeness (QED) is 0.546. The van der Waals surface area contributed by atoms with Crippen LogP contribution >= 0.6 is 23.2 Å². The van der Waals surface area contributed by atoms with E-state index < -0.39 is 0 Å². The van der Waals surface area contributed by atoms with Gasteiger partial charge >= 0.3 is 0 Å². The van der Waals surface area contributed by atoms with Crippen LogP contribution in [0.1, 0.15) is 22.8 Å². The summed E-state index contributed by atoms with van der Waals surface area (Å²) in [4.78, 5) is 12.2. The molecule has 102 valence electrons. The molecule has 20 heavy (non-hydrogen) atoms. The van der Waals surface area contributed by atoms with Gasteiger partial charge in [0.2, 0.25) is 0 Å². The number of ketones is 1. The molecule has 0 saturated carbocycles. The van der Waals surface area contributed by atoms with Crippen LogP contribution in [-0.2, 0) is 0 Å². The minimum atomic E-state index is -0.374. The largest absolute Gasteiger partial charge is 0.289 e. The lowest BCUT2D eigenvalue weighted by molar-refractivity contribution is 0.103. The maximum absolute atomic E-state index is 12.8. The molecule has 0 atom stereocenters. The summed E-state index contributed by atoms with van der Waals surface area (Å²) in [6, 6.07) is 10.6. The van der Waals surface area contributed by atoms with Crippen LogP contribution in [0, 0.1) is 5.82 Å². The molecular weight excluding hydrogens is 298 g/mol. The highest BCUT2D eigenvalue weighted by Crippen LogP contribution is 2.27. The van der Waals surface area contributed by atoms with Crippen molar-refractivity contribution < 1.29 is 9.18 Å². The molecule has 2 rings (SSSR count). The van der Waals surface area contributed by atoms with Crippen LogP contribution in [-0.4, -0.2) is 5.78 Å². The first kappa shape index (κ1) is 14.8. The van der Waals surface area contributed by atoms with Crippen molar-refractivity contribution in [3.8, 4) is 0 Å². The molecule has 0 bridgehead atoms. The summed E-state index contributed by atoms with van der Waals surface area (Å²) in [5.41, 5.74) is 1.60. The van der Waals surface area contributed by atoms with Crippen LogP contribution in [0.25, 0.3) is 6.08 Å². The minimum Gasteiger partial charge on any atom is -0.289 e. The zero-order valence-electron chi connectivity index (χ0n) is 10.7. The lowest BCUT2D eigenvalue weighted by Gasteiger charge is -2.04. The molecule has 0 radical (unpaired) electrons. The molecule has 2 aromatic rings. The lowest BCUT2D eigenvalue weighted by atomic mass is 10.0. The Bertz CT molecular complexity index is 675. The molecule has 0 aliphatic carbocycles. The van der Waals surface area contributed by atoms with Crippen molar-refractivity contribution in [3.63, 3.8) is 0 Å². The lowest BCUT2D eigenvalue weighted by Crippen LogP contribution is -2.00. The number of hydrogen-bond donors (Lipinski definition) is 0. The molecule has 1 nitrogen and oxygen atoms in total. The second-order valence-corrected chi connectivity index (χ2v) is 5.09. The summed E-state index contributed by atoms with van der Waals surface area (Å²) in [5.74, 6) is -0.554. The Hall–Kier alpha value is -1.64. The third-order valence-electron chi connectivity index (χ3n) is 2.82. The smallest absolute Gasteiger partial charge is 0.188 e. The normalized spacial score (nSPS) is 11.5. The van der Waals surface area contributed by atoms with E-state index in [0.29, 0.717) is 26.7 Å². The van der Waals surface area contributed by atoms with E-state index in [0.717, 1.165) is 0 Å². The number of carbonyl (C=O) groups excluding carboxylic acids is 1. The Morgan fingerprint density at radius 1 is 1.10 bits per heavy atom. The third-order valence-corrected chi connectivity index (χ3v) is 3.65. The number of halogens is 3. The van der Waals surface area contributed by atoms with E-state index in [1.807, 2.05) is 0 Å². The van der Waals surface area contributed by atoms with Gasteiger partial charge in [-0.15, -0.1) is 0 Å². The Morgan fingerprint density at radius 2 is 1.75 bits per heavy atom. The molecule has 0 N–H and O–H groups in total. The van der Waals surface area contributed by atoms with E-state index in [1.165, 1.54) is 24.3 Å². The molecule has 0 saturated heterocycles. The van der Waals surface area contributed by atoms with Gasteiger partial charge in [-0.3, -0.25) is 4.79 Å². The summed E-state index contributed by atoms with van der Waals surface area (Å²) in [7, 11) is 0. The van der Waals surface area contributed by atoms with Gasteiger partial charge in [-0.25, -0.2) is 4.39 Å². The highest BCUT2D eigenvalue weighted by atomic mass is 35.5. The summed E-state index contributed by atoms with van der Waals surface area (Å²) in [5, 5.41) is 0.836. The molecule has 4 heteroatoms. The summed E-state index contributed by atoms with van der Waals surface area (Å²) < 4.78 is 12.8. The maximum atomic E-state index is 12.8. The number of Topliss-reactive ketones (excluding diaryl/α,β-unsaturated/α-hetero) is 1. The van der Waals surface area contributed by atoms with Crippen molar-refractivity contribution in [2.24, 2.45) is 0 Å². The van der Waals surface area contributed by atoms with E-state index in [-0.39, 0.29) is 11.6 Å². The second kappa shape index (κ2) is 6.21. The zero-order valence-corrected chi connectivity index (χ0v) is 12.2. The average molecular weight is 309 g/mol. The first-order valence-corrected chi connectivity index (χ1v) is 6.67. The van der Waals surface area contributed by atoms with E-state index in [2.05, 4.69) is 0 Å². The van der Waals surface area contributed by atoms with Crippen molar-refractivity contribution in [2.75, 3.05) is 0 Å². The number of carbonyl (C=O) groups is 1. The number of allylic oxidation sites excluding steroid dienone is 1. The minimum absolute atomic E-state index is 0.180. The molecule has 0 fully saturated rings. The van der Waals surface area contributed by atoms with Crippen LogP contribution in [0.3, 0.4) is 0 Å². The van der Waals surface area contributed by atoms with Gasteiger partial charge in [0.1, 0.15) is 5.82 Å². The standard InChI is InChI=1S/C16H11Cl2FO/c1-10(9-12-3-2-4-14(17)15(12)18)16(20)11-5-7-13(19)8-6-11/h2-9H,1H3. The average Bonchev–Trinajstić information content (AvgIpc) is 2.44. The monoisotopic (exact) mass is 308 g/mol. The van der Waals surface area contributed by atoms with Gasteiger partial charge < -0.3 is 0 Å². The molecule has 0 amide bonds. The number of hydrogen-bond acceptors (Lipinski definition) is 1. The van der Waals surface area contributed by atoms with Crippen molar-refractivity contribution in [2.45, 2.75) is 6.92 Å². The molecule has 0 aliphatic rings. The summed E-state index contributed by atoms with van der Waals surface area (Å²) in [6.45, 7) is 1.68. The van der Waals surface area contributed by atoms with E-state index in [4.69, 9.17) is 23.2 Å². The van der Waals surface area contributed by atoms with Gasteiger partial charge in [0, 0.05) is 5.56 Å². The van der Waals surface area contributed by atoms with Gasteiger partial charge in [0.15, 0.2) is 5.78 Å². The molecule has 0 spiro atoms. The van der Waals surface area contributed by atoms with Gasteiger partial charge in [0.25, 0.3) is 0 Å². The van der Waals surface area contributed by atoms with Crippen molar-refractivity contribution in [1.82, 2.24) is 0 Å². The Morgan fingerprint density at radius 3 is 2.40 bits per heavy atom. The molecule has 0 heterocycles. The number of benzene rings is 2. The third kappa shape index (κ3) is 3.27. The van der Waals surface area contributed by atoms with Crippen LogP contribution < -0.4 is 0 Å². The SMILES string of the molecule is CC(=Cc1cccc(Cl)c1Cl)C(=O)c1ccc(F)cc1. The first-order chi connectivity index (χ1) is 9.49. The van der Waals surface area contributed by atoms with E-state index in [1.54, 1.807) is 31.2 Å². The topological polar surface area (TPSA) is 17.1 Å². The highest BCUT2D eigenvalue weighted by Gasteiger charge is 2.10. The van der Waals surface area contributed by atoms with Crippen molar-refractivity contribution in [1.29, 1.82) is 0 Å². The maximum Gasteiger partial charge on any atom is 0.188 e. The summed E-state index contributed by atoms with van der Waals surface area (Å²) in [6.07, 6.45) is 1.67. The first-order valence-electron chi connectivity index (χ1n) is 5.91. The highest BCUT2D eigenvalue weighted by molar-refractivity contribution is 6.43. The van der Waals surface area contributed by atoms with E-state index >= 15 is 0 Å². The predicted molar refractivity (Wildman–Crippen MR) is 80.8 cm³/mol. The van der Waals surface area contributed by atoms with Crippen molar-refractivity contribution in [3.05, 3.63) is 75.0 Å². The Kier molecular flexibility index (Phi) is 4.58. The van der Waals surface area contributed by atoms with Crippen LogP contribution in [0.2, 0.25) is 10.0 Å². The Balaban J connectivity index is 2.32. The van der Waals surface area contributed by atoms with Crippen molar-refractivity contribution >= 4 is 35.1 Å². The molecular formula is C16H11Cl2FO. The van der Waals surface area contributed by atoms with E-state index in [9.17, 15) is 9.18 Å². The fraction of sp³-hybridized carbons (Fsp3) is 0.0625. The molecule has 0 aromatic heterocycles. The van der Waals surface area contributed by atoms with Gasteiger partial charge in [-0.2, -0.15) is 0 Å².